The molecule has 3 aromatic heterocycles. The lowest BCUT2D eigenvalue weighted by atomic mass is 10.0. The molecule has 56 heavy (non-hydrogen) atoms. The Labute approximate surface area is 329 Å². The van der Waals surface area contributed by atoms with Crippen molar-refractivity contribution in [2.24, 2.45) is 15.9 Å². The van der Waals surface area contributed by atoms with Gasteiger partial charge in [-0.3, -0.25) is 19.5 Å². The van der Waals surface area contributed by atoms with Crippen molar-refractivity contribution in [3.63, 3.8) is 0 Å². The summed E-state index contributed by atoms with van der Waals surface area (Å²) in [6.45, 7) is 5.17. The van der Waals surface area contributed by atoms with E-state index in [4.69, 9.17) is 21.3 Å². The number of nitrogen functional groups attached to an aromatic ring is 1. The van der Waals surface area contributed by atoms with Crippen LogP contribution in [0.15, 0.2) is 81.8 Å². The molecule has 2 amide bonds. The smallest absolute Gasteiger partial charge is 0.350 e. The Balaban J connectivity index is 1.03. The normalized spacial score (nSPS) is 20.4. The van der Waals surface area contributed by atoms with Crippen LogP contribution in [0.4, 0.5) is 5.13 Å². The van der Waals surface area contributed by atoms with E-state index in [1.54, 1.807) is 0 Å². The third-order valence-electron chi connectivity index (χ3n) is 9.72. The molecule has 0 aliphatic carbocycles. The molecule has 4 aromatic rings. The molecule has 1 aromatic carbocycles. The largest absolute Gasteiger partial charge is 0.543 e. The van der Waals surface area contributed by atoms with E-state index in [0.29, 0.717) is 18.0 Å². The number of piperidine rings is 1. The third kappa shape index (κ3) is 7.96. The van der Waals surface area contributed by atoms with Crippen LogP contribution in [-0.4, -0.2) is 96.8 Å². The Bertz CT molecular complexity index is 2290. The first kappa shape index (κ1) is 38.5. The zero-order chi connectivity index (χ0) is 39.7. The van der Waals surface area contributed by atoms with Crippen molar-refractivity contribution in [2.45, 2.75) is 62.8 Å². The Kier molecular flexibility index (Phi) is 10.8. The van der Waals surface area contributed by atoms with E-state index in [0.717, 1.165) is 64.2 Å². The minimum Gasteiger partial charge on any atom is -0.543 e. The number of hydrogen-bond donors (Lipinski definition) is 5. The topological polar surface area (TPSA) is 247 Å². The highest BCUT2D eigenvalue weighted by Crippen LogP contribution is 2.40. The van der Waals surface area contributed by atoms with Gasteiger partial charge in [0.05, 0.1) is 28.6 Å². The number of nitrogens with two attached hydrogens (primary N) is 2. The van der Waals surface area contributed by atoms with Gasteiger partial charge in [0.15, 0.2) is 29.8 Å². The molecule has 19 heteroatoms. The summed E-state index contributed by atoms with van der Waals surface area (Å²) in [4.78, 5) is 65.9. The van der Waals surface area contributed by atoms with Crippen molar-refractivity contribution in [3.05, 3.63) is 88.5 Å². The first-order valence-electron chi connectivity index (χ1n) is 17.8. The molecule has 6 heterocycles. The zero-order valence-corrected chi connectivity index (χ0v) is 32.1. The van der Waals surface area contributed by atoms with Gasteiger partial charge in [0.25, 0.3) is 11.8 Å². The highest BCUT2D eigenvalue weighted by molar-refractivity contribution is 8.00. The molecule has 2 saturated heterocycles. The number of nitrogens with one attached hydrogen (secondary N) is 2. The number of carboxylic acids is 2. The average molecular weight is 801 g/mol. The van der Waals surface area contributed by atoms with E-state index in [-0.39, 0.29) is 34.9 Å². The number of oxime groups is 1. The van der Waals surface area contributed by atoms with Gasteiger partial charge in [-0.05, 0) is 44.9 Å². The molecule has 3 atom stereocenters. The molecule has 292 valence electrons. The lowest BCUT2D eigenvalue weighted by molar-refractivity contribution is -0.687. The van der Waals surface area contributed by atoms with Gasteiger partial charge in [-0.25, -0.2) is 14.3 Å². The maximum absolute atomic E-state index is 13.4. The number of carbonyl (C=O) groups is 4. The number of thioether (sulfide) groups is 1. The van der Waals surface area contributed by atoms with Gasteiger partial charge in [-0.15, -0.1) is 23.1 Å². The van der Waals surface area contributed by atoms with Crippen molar-refractivity contribution in [1.82, 2.24) is 25.1 Å². The summed E-state index contributed by atoms with van der Waals surface area (Å²) < 4.78 is 3.98. The second kappa shape index (κ2) is 15.8. The number of amides is 2. The van der Waals surface area contributed by atoms with Crippen LogP contribution in [0.3, 0.4) is 0 Å². The standard InChI is InChI=1S/C37H40N10O7S2/c1-37(2,35(52)53)54-44-27(25-19-56-36(39)42-25)31(48)43-28-32(49)47-29(34(50)51)23(18-55-33(28)47)17-45-12-10-26-22(16-45)9-13-46(26)15-20-5-7-21(8-6-20)30(38)41-24-4-3-11-40-14-24/h5-10,12-13,16,19,24,28,33,40H,3-4,11,14-15,17-18H2,1-2H3,(H6-,38,39,41,42,43,48,50,51,52,53)/b44-27-/t24-,28-,33-/m1/s1. The summed E-state index contributed by atoms with van der Waals surface area (Å²) in [5.74, 6) is -3.58. The highest BCUT2D eigenvalue weighted by atomic mass is 32.2. The minimum absolute atomic E-state index is 0.0151. The number of rotatable bonds is 13. The van der Waals surface area contributed by atoms with Crippen molar-refractivity contribution >= 4 is 74.4 Å². The maximum Gasteiger partial charge on any atom is 0.350 e. The van der Waals surface area contributed by atoms with Gasteiger partial charge in [0.2, 0.25) is 5.60 Å². The first-order chi connectivity index (χ1) is 26.8. The zero-order valence-electron chi connectivity index (χ0n) is 30.5. The number of nitrogens with zero attached hydrogens (tertiary/aromatic N) is 6. The van der Waals surface area contributed by atoms with Crippen LogP contribution in [0.2, 0.25) is 0 Å². The Hall–Kier alpha value is -5.79. The number of aliphatic carboxylic acids is 2. The van der Waals surface area contributed by atoms with Gasteiger partial charge in [0.1, 0.15) is 22.9 Å². The number of aromatic nitrogens is 3. The highest BCUT2D eigenvalue weighted by Gasteiger charge is 2.53. The van der Waals surface area contributed by atoms with E-state index in [9.17, 15) is 29.4 Å². The second-order valence-electron chi connectivity index (χ2n) is 14.1. The monoisotopic (exact) mass is 800 g/mol. The van der Waals surface area contributed by atoms with E-state index in [2.05, 4.69) is 25.3 Å². The third-order valence-corrected chi connectivity index (χ3v) is 11.7. The Morgan fingerprint density at radius 3 is 2.68 bits per heavy atom. The van der Waals surface area contributed by atoms with Crippen molar-refractivity contribution < 1.29 is 38.8 Å². The number of β-lactam (4-membered cyclic amide) rings is 1. The van der Waals surface area contributed by atoms with E-state index < -0.39 is 46.5 Å². The first-order valence-corrected chi connectivity index (χ1v) is 19.7. The van der Waals surface area contributed by atoms with Crippen LogP contribution < -0.4 is 31.8 Å². The number of carboxylic acid groups (broad SMARTS) is 2. The van der Waals surface area contributed by atoms with Gasteiger partial charge < -0.3 is 46.5 Å². The number of benzene rings is 1. The van der Waals surface area contributed by atoms with E-state index in [1.807, 2.05) is 59.6 Å². The number of thiazole rings is 1. The molecular formula is C37H40N10O7S2. The van der Waals surface area contributed by atoms with Gasteiger partial charge in [-0.1, -0.05) is 29.4 Å². The fraction of sp³-hybridized carbons (Fsp3) is 0.351. The van der Waals surface area contributed by atoms with Gasteiger partial charge >= 0.3 is 5.97 Å². The SMILES string of the molecule is CC(C)(O/N=C(\C(=O)N[C@@H]1C(=O)N2C(C(=O)[O-])=C(C[n+]3ccc4c(ccn4Cc4ccc(C(N)=N[C@@H]5CCCNC5)cc4)c3)CS[C@H]12)c1csc(N)n1)C(=O)O. The number of aliphatic imine (C=N–C) groups is 1. The molecule has 3 aliphatic rings. The molecule has 0 spiro atoms. The van der Waals surface area contributed by atoms with Crippen molar-refractivity contribution in [2.75, 3.05) is 24.6 Å². The summed E-state index contributed by atoms with van der Waals surface area (Å²) in [5, 5.41) is 33.4. The summed E-state index contributed by atoms with van der Waals surface area (Å²) in [5.41, 5.74) is 13.1. The molecule has 0 unspecified atom stereocenters. The van der Waals surface area contributed by atoms with Crippen LogP contribution in [0, 0.1) is 0 Å². The molecule has 17 nitrogen and oxygen atoms in total. The average Bonchev–Trinajstić information content (AvgIpc) is 3.79. The lowest BCUT2D eigenvalue weighted by Crippen LogP contribution is -2.71. The number of hydrogen-bond acceptors (Lipinski definition) is 13. The van der Waals surface area contributed by atoms with Crippen LogP contribution in [0.25, 0.3) is 10.9 Å². The molecule has 2 fully saturated rings. The number of pyridine rings is 1. The van der Waals surface area contributed by atoms with Gasteiger partial charge in [-0.2, -0.15) is 0 Å². The Morgan fingerprint density at radius 1 is 1.21 bits per heavy atom. The van der Waals surface area contributed by atoms with Crippen molar-refractivity contribution in [3.8, 4) is 0 Å². The molecule has 0 bridgehead atoms. The summed E-state index contributed by atoms with van der Waals surface area (Å²) in [7, 11) is 0. The van der Waals surface area contributed by atoms with Crippen LogP contribution in [-0.2, 0) is 37.1 Å². The maximum atomic E-state index is 13.4. The summed E-state index contributed by atoms with van der Waals surface area (Å²) in [6.07, 6.45) is 7.89. The second-order valence-corrected chi connectivity index (χ2v) is 16.1. The molecule has 0 saturated carbocycles. The molecular weight excluding hydrogens is 761 g/mol. The fourth-order valence-electron chi connectivity index (χ4n) is 6.64. The van der Waals surface area contributed by atoms with Gasteiger partial charge in [0, 0.05) is 47.6 Å². The summed E-state index contributed by atoms with van der Waals surface area (Å²) in [6, 6.07) is 11.1. The molecule has 3 aliphatic heterocycles. The number of amidine groups is 1. The molecule has 0 radical (unpaired) electrons. The van der Waals surface area contributed by atoms with Crippen LogP contribution in [0.5, 0.6) is 0 Å². The fourth-order valence-corrected chi connectivity index (χ4v) is 8.53. The summed E-state index contributed by atoms with van der Waals surface area (Å²) >= 11 is 2.32. The molecule has 7 rings (SSSR count). The molecule has 7 N–H and O–H groups in total. The van der Waals surface area contributed by atoms with Crippen LogP contribution in [0.1, 0.15) is 43.5 Å². The van der Waals surface area contributed by atoms with Crippen molar-refractivity contribution in [1.29, 1.82) is 0 Å². The van der Waals surface area contributed by atoms with E-state index >= 15 is 0 Å². The predicted octanol–water partition coefficient (Wildman–Crippen LogP) is 0.161. The predicted molar refractivity (Wildman–Crippen MR) is 207 cm³/mol. The number of carbonyl (C=O) groups excluding carboxylic acids is 3. The quantitative estimate of drug-likeness (QED) is 0.0399. The number of anilines is 1. The number of fused-ring (bicyclic) bond motifs is 2. The van der Waals surface area contributed by atoms with Crippen LogP contribution >= 0.6 is 23.1 Å². The lowest BCUT2D eigenvalue weighted by Gasteiger charge is -2.50. The Morgan fingerprint density at radius 2 is 2.00 bits per heavy atom. The van der Waals surface area contributed by atoms with E-state index in [1.165, 1.54) is 31.0 Å². The minimum atomic E-state index is -1.78.